The van der Waals surface area contributed by atoms with Gasteiger partial charge in [-0.05, 0) is 24.1 Å². The monoisotopic (exact) mass is 386 g/mol. The first-order valence-electron chi connectivity index (χ1n) is 9.31. The Kier molecular flexibility index (Phi) is 6.57. The summed E-state index contributed by atoms with van der Waals surface area (Å²) in [4.78, 5) is 6.58. The van der Waals surface area contributed by atoms with Crippen LogP contribution < -0.4 is 25.0 Å². The first-order chi connectivity index (χ1) is 13.6. The van der Waals surface area contributed by atoms with Gasteiger partial charge in [0, 0.05) is 56.6 Å². The quantitative estimate of drug-likeness (QED) is 0.591. The van der Waals surface area contributed by atoms with Crippen LogP contribution in [0.4, 0.5) is 10.1 Å². The zero-order valence-corrected chi connectivity index (χ0v) is 16.5. The molecule has 0 amide bonds. The summed E-state index contributed by atoms with van der Waals surface area (Å²) in [6.07, 6.45) is 0.986. The number of anilines is 1. The summed E-state index contributed by atoms with van der Waals surface area (Å²) in [5.41, 5.74) is 1.95. The van der Waals surface area contributed by atoms with Crippen molar-refractivity contribution in [1.82, 2.24) is 10.6 Å². The molecule has 0 saturated carbocycles. The van der Waals surface area contributed by atoms with E-state index in [1.54, 1.807) is 27.3 Å². The average molecular weight is 386 g/mol. The second-order valence-corrected chi connectivity index (χ2v) is 6.70. The number of nitrogens with one attached hydrogen (secondary N) is 2. The largest absolute Gasteiger partial charge is 0.497 e. The highest BCUT2D eigenvalue weighted by Gasteiger charge is 2.24. The van der Waals surface area contributed by atoms with Crippen LogP contribution in [0.1, 0.15) is 12.0 Å². The van der Waals surface area contributed by atoms with Crippen LogP contribution in [0.25, 0.3) is 0 Å². The van der Waals surface area contributed by atoms with Gasteiger partial charge in [-0.25, -0.2) is 4.39 Å². The summed E-state index contributed by atoms with van der Waals surface area (Å²) in [7, 11) is 5.04. The van der Waals surface area contributed by atoms with E-state index in [1.807, 2.05) is 24.3 Å². The fourth-order valence-electron chi connectivity index (χ4n) is 3.31. The molecule has 0 radical (unpaired) electrons. The van der Waals surface area contributed by atoms with E-state index in [9.17, 15) is 4.39 Å². The van der Waals surface area contributed by atoms with E-state index in [4.69, 9.17) is 9.47 Å². The van der Waals surface area contributed by atoms with Crippen LogP contribution >= 0.6 is 0 Å². The van der Waals surface area contributed by atoms with Crippen molar-refractivity contribution in [1.29, 1.82) is 0 Å². The van der Waals surface area contributed by atoms with Gasteiger partial charge in [0.2, 0.25) is 0 Å². The summed E-state index contributed by atoms with van der Waals surface area (Å²) in [5.74, 6) is 2.03. The van der Waals surface area contributed by atoms with Gasteiger partial charge in [-0.2, -0.15) is 0 Å². The normalized spacial score (nSPS) is 16.8. The molecular weight excluding hydrogens is 359 g/mol. The maximum Gasteiger partial charge on any atom is 0.191 e. The number of rotatable bonds is 6. The molecule has 28 heavy (non-hydrogen) atoms. The Balaban J connectivity index is 1.57. The van der Waals surface area contributed by atoms with Gasteiger partial charge < -0.3 is 25.0 Å². The third-order valence-electron chi connectivity index (χ3n) is 4.80. The van der Waals surface area contributed by atoms with Crippen molar-refractivity contribution in [2.24, 2.45) is 4.99 Å². The highest BCUT2D eigenvalue weighted by atomic mass is 19.1. The Morgan fingerprint density at radius 2 is 1.93 bits per heavy atom. The van der Waals surface area contributed by atoms with Gasteiger partial charge in [0.05, 0.1) is 14.2 Å². The molecule has 1 atom stereocenters. The first kappa shape index (κ1) is 19.8. The number of ether oxygens (including phenoxy) is 2. The van der Waals surface area contributed by atoms with Crippen molar-refractivity contribution in [3.63, 3.8) is 0 Å². The molecule has 1 unspecified atom stereocenters. The molecule has 1 aliphatic heterocycles. The van der Waals surface area contributed by atoms with Crippen LogP contribution in [-0.4, -0.2) is 46.4 Å². The number of benzene rings is 2. The lowest BCUT2D eigenvalue weighted by Crippen LogP contribution is -2.44. The summed E-state index contributed by atoms with van der Waals surface area (Å²) in [6.45, 7) is 2.28. The van der Waals surface area contributed by atoms with Crippen LogP contribution in [0, 0.1) is 5.82 Å². The topological polar surface area (TPSA) is 58.1 Å². The third kappa shape index (κ3) is 5.06. The van der Waals surface area contributed by atoms with Gasteiger partial charge in [-0.1, -0.05) is 12.1 Å². The average Bonchev–Trinajstić information content (AvgIpc) is 3.19. The Morgan fingerprint density at radius 3 is 2.57 bits per heavy atom. The molecule has 3 rings (SSSR count). The van der Waals surface area contributed by atoms with Crippen molar-refractivity contribution in [2.75, 3.05) is 39.3 Å². The summed E-state index contributed by atoms with van der Waals surface area (Å²) in [6, 6.07) is 12.7. The van der Waals surface area contributed by atoms with Crippen molar-refractivity contribution >= 4 is 11.6 Å². The maximum atomic E-state index is 13.3. The maximum absolute atomic E-state index is 13.3. The van der Waals surface area contributed by atoms with E-state index in [0.29, 0.717) is 12.5 Å². The van der Waals surface area contributed by atoms with E-state index in [0.717, 1.165) is 42.3 Å². The Morgan fingerprint density at radius 1 is 1.18 bits per heavy atom. The SMILES string of the molecule is CN=C(NCc1cccc(F)c1)NC1CCN(c2cc(OC)cc(OC)c2)C1. The summed E-state index contributed by atoms with van der Waals surface area (Å²) >= 11 is 0. The lowest BCUT2D eigenvalue weighted by atomic mass is 10.2. The van der Waals surface area contributed by atoms with Crippen molar-refractivity contribution in [3.05, 3.63) is 53.8 Å². The summed E-state index contributed by atoms with van der Waals surface area (Å²) < 4.78 is 24.1. The zero-order chi connectivity index (χ0) is 19.9. The molecule has 1 saturated heterocycles. The zero-order valence-electron chi connectivity index (χ0n) is 16.5. The first-order valence-corrected chi connectivity index (χ1v) is 9.31. The highest BCUT2D eigenvalue weighted by Crippen LogP contribution is 2.30. The predicted molar refractivity (Wildman–Crippen MR) is 110 cm³/mol. The second-order valence-electron chi connectivity index (χ2n) is 6.70. The van der Waals surface area contributed by atoms with Gasteiger partial charge >= 0.3 is 0 Å². The second kappa shape index (κ2) is 9.30. The Labute approximate surface area is 165 Å². The molecule has 2 aromatic rings. The molecule has 1 heterocycles. The lowest BCUT2D eigenvalue weighted by molar-refractivity contribution is 0.394. The van der Waals surface area contributed by atoms with Gasteiger partial charge in [-0.3, -0.25) is 4.99 Å². The molecule has 1 aliphatic rings. The molecule has 0 aliphatic carbocycles. The van der Waals surface area contributed by atoms with Gasteiger partial charge in [0.25, 0.3) is 0 Å². The summed E-state index contributed by atoms with van der Waals surface area (Å²) in [5, 5.41) is 6.69. The fraction of sp³-hybridized carbons (Fsp3) is 0.381. The fourth-order valence-corrected chi connectivity index (χ4v) is 3.31. The molecule has 0 bridgehead atoms. The smallest absolute Gasteiger partial charge is 0.191 e. The van der Waals surface area contributed by atoms with Crippen LogP contribution in [-0.2, 0) is 6.54 Å². The van der Waals surface area contributed by atoms with Gasteiger partial charge in [-0.15, -0.1) is 0 Å². The predicted octanol–water partition coefficient (Wildman–Crippen LogP) is 2.79. The van der Waals surface area contributed by atoms with Crippen LogP contribution in [0.5, 0.6) is 11.5 Å². The highest BCUT2D eigenvalue weighted by molar-refractivity contribution is 5.80. The molecule has 150 valence electrons. The number of nitrogens with zero attached hydrogens (tertiary/aromatic N) is 2. The Bertz CT molecular complexity index is 806. The standard InChI is InChI=1S/C21H27FN4O2/c1-23-21(24-13-15-5-4-6-16(22)9-15)25-17-7-8-26(14-17)18-10-19(27-2)12-20(11-18)28-3/h4-6,9-12,17H,7-8,13-14H2,1-3H3,(H2,23,24,25). The van der Waals surface area contributed by atoms with Crippen molar-refractivity contribution < 1.29 is 13.9 Å². The van der Waals surface area contributed by atoms with Gasteiger partial charge in [0.1, 0.15) is 17.3 Å². The molecule has 0 spiro atoms. The number of hydrogen-bond donors (Lipinski definition) is 2. The lowest BCUT2D eigenvalue weighted by Gasteiger charge is -2.21. The van der Waals surface area contributed by atoms with E-state index in [1.165, 1.54) is 12.1 Å². The molecule has 1 fully saturated rings. The van der Waals surface area contributed by atoms with E-state index >= 15 is 0 Å². The molecule has 2 aromatic carbocycles. The number of aliphatic imine (C=N–C) groups is 1. The number of halogens is 1. The number of hydrogen-bond acceptors (Lipinski definition) is 4. The van der Waals surface area contributed by atoms with Crippen LogP contribution in [0.2, 0.25) is 0 Å². The van der Waals surface area contributed by atoms with E-state index < -0.39 is 0 Å². The van der Waals surface area contributed by atoms with E-state index in [-0.39, 0.29) is 11.9 Å². The molecule has 2 N–H and O–H groups in total. The third-order valence-corrected chi connectivity index (χ3v) is 4.80. The molecular formula is C21H27FN4O2. The van der Waals surface area contributed by atoms with Crippen LogP contribution in [0.3, 0.4) is 0 Å². The minimum atomic E-state index is -0.234. The minimum Gasteiger partial charge on any atom is -0.497 e. The van der Waals surface area contributed by atoms with E-state index in [2.05, 4.69) is 20.5 Å². The van der Waals surface area contributed by atoms with Gasteiger partial charge in [0.15, 0.2) is 5.96 Å². The minimum absolute atomic E-state index is 0.234. The van der Waals surface area contributed by atoms with Crippen molar-refractivity contribution in [3.8, 4) is 11.5 Å². The number of guanidine groups is 1. The van der Waals surface area contributed by atoms with Crippen LogP contribution in [0.15, 0.2) is 47.5 Å². The Hall–Kier alpha value is -2.96. The molecule has 7 heteroatoms. The number of methoxy groups -OCH3 is 2. The molecule has 0 aromatic heterocycles. The molecule has 6 nitrogen and oxygen atoms in total. The van der Waals surface area contributed by atoms with Crippen molar-refractivity contribution in [2.45, 2.75) is 19.0 Å².